The molecule has 3 rings (SSSR count). The van der Waals surface area contributed by atoms with Gasteiger partial charge in [0.2, 0.25) is 5.88 Å². The van der Waals surface area contributed by atoms with Crippen LogP contribution in [0.5, 0.6) is 17.4 Å². The van der Waals surface area contributed by atoms with Crippen LogP contribution in [0, 0.1) is 5.82 Å². The third-order valence-corrected chi connectivity index (χ3v) is 3.70. The second kappa shape index (κ2) is 9.48. The SMILES string of the molecule is COCCOc1ccc(NC(=O)c2ccc(Oc3ccccc3)nc2)cc1F. The number of aromatic nitrogens is 1. The van der Waals surface area contributed by atoms with Gasteiger partial charge in [-0.2, -0.15) is 0 Å². The maximum atomic E-state index is 14.0. The Morgan fingerprint density at radius 3 is 2.57 bits per heavy atom. The molecule has 0 saturated heterocycles. The number of para-hydroxylation sites is 1. The zero-order chi connectivity index (χ0) is 19.8. The van der Waals surface area contributed by atoms with Crippen molar-refractivity contribution in [3.05, 3.63) is 78.2 Å². The molecule has 3 aromatic rings. The fraction of sp³-hybridized carbons (Fsp3) is 0.143. The summed E-state index contributed by atoms with van der Waals surface area (Å²) in [7, 11) is 1.54. The molecule has 0 unspecified atom stereocenters. The van der Waals surface area contributed by atoms with E-state index in [4.69, 9.17) is 14.2 Å². The zero-order valence-corrected chi connectivity index (χ0v) is 15.2. The number of methoxy groups -OCH3 is 1. The second-order valence-electron chi connectivity index (χ2n) is 5.74. The van der Waals surface area contributed by atoms with Crippen molar-refractivity contribution in [2.75, 3.05) is 25.6 Å². The number of pyridine rings is 1. The van der Waals surface area contributed by atoms with Crippen molar-refractivity contribution < 1.29 is 23.4 Å². The molecule has 0 fully saturated rings. The molecular formula is C21H19FN2O4. The number of benzene rings is 2. The van der Waals surface area contributed by atoms with Crippen molar-refractivity contribution in [2.24, 2.45) is 0 Å². The minimum Gasteiger partial charge on any atom is -0.488 e. The van der Waals surface area contributed by atoms with E-state index in [1.807, 2.05) is 18.2 Å². The summed E-state index contributed by atoms with van der Waals surface area (Å²) in [4.78, 5) is 16.4. The van der Waals surface area contributed by atoms with E-state index >= 15 is 0 Å². The van der Waals surface area contributed by atoms with E-state index in [0.717, 1.165) is 0 Å². The Morgan fingerprint density at radius 1 is 1.07 bits per heavy atom. The molecule has 0 saturated carbocycles. The molecule has 1 amide bonds. The number of nitrogens with one attached hydrogen (secondary N) is 1. The van der Waals surface area contributed by atoms with Gasteiger partial charge in [0.15, 0.2) is 11.6 Å². The van der Waals surface area contributed by atoms with Gasteiger partial charge in [0.25, 0.3) is 5.91 Å². The number of rotatable bonds is 8. The van der Waals surface area contributed by atoms with Crippen LogP contribution in [-0.4, -0.2) is 31.2 Å². The molecule has 1 heterocycles. The van der Waals surface area contributed by atoms with Gasteiger partial charge in [-0.1, -0.05) is 18.2 Å². The van der Waals surface area contributed by atoms with E-state index < -0.39 is 11.7 Å². The van der Waals surface area contributed by atoms with E-state index in [1.54, 1.807) is 30.3 Å². The Labute approximate surface area is 161 Å². The molecule has 1 N–H and O–H groups in total. The number of hydrogen-bond donors (Lipinski definition) is 1. The van der Waals surface area contributed by atoms with E-state index in [0.29, 0.717) is 29.5 Å². The van der Waals surface area contributed by atoms with Gasteiger partial charge < -0.3 is 19.5 Å². The number of carbonyl (C=O) groups is 1. The Kier molecular flexibility index (Phi) is 6.54. The highest BCUT2D eigenvalue weighted by atomic mass is 19.1. The molecule has 0 aliphatic rings. The third kappa shape index (κ3) is 5.28. The average molecular weight is 382 g/mol. The molecule has 2 aromatic carbocycles. The van der Waals surface area contributed by atoms with Gasteiger partial charge >= 0.3 is 0 Å². The summed E-state index contributed by atoms with van der Waals surface area (Å²) in [6, 6.07) is 16.6. The summed E-state index contributed by atoms with van der Waals surface area (Å²) in [6.45, 7) is 0.594. The number of halogens is 1. The number of amides is 1. The van der Waals surface area contributed by atoms with Crippen molar-refractivity contribution in [3.63, 3.8) is 0 Å². The lowest BCUT2D eigenvalue weighted by Gasteiger charge is -2.10. The Bertz CT molecular complexity index is 917. The predicted molar refractivity (Wildman–Crippen MR) is 102 cm³/mol. The fourth-order valence-electron chi connectivity index (χ4n) is 2.32. The van der Waals surface area contributed by atoms with Crippen molar-refractivity contribution >= 4 is 11.6 Å². The summed E-state index contributed by atoms with van der Waals surface area (Å²) in [5.41, 5.74) is 0.632. The fourth-order valence-corrected chi connectivity index (χ4v) is 2.32. The van der Waals surface area contributed by atoms with Crippen LogP contribution in [0.3, 0.4) is 0 Å². The summed E-state index contributed by atoms with van der Waals surface area (Å²) in [6.07, 6.45) is 1.40. The summed E-state index contributed by atoms with van der Waals surface area (Å²) in [5, 5.41) is 2.62. The maximum absolute atomic E-state index is 14.0. The monoisotopic (exact) mass is 382 g/mol. The van der Waals surface area contributed by atoms with Gasteiger partial charge in [0.1, 0.15) is 12.4 Å². The lowest BCUT2D eigenvalue weighted by atomic mass is 10.2. The highest BCUT2D eigenvalue weighted by Gasteiger charge is 2.10. The molecular weight excluding hydrogens is 363 g/mol. The quantitative estimate of drug-likeness (QED) is 0.589. The van der Waals surface area contributed by atoms with Gasteiger partial charge in [-0.05, 0) is 30.3 Å². The molecule has 0 radical (unpaired) electrons. The Morgan fingerprint density at radius 2 is 1.89 bits per heavy atom. The van der Waals surface area contributed by atoms with Gasteiger partial charge in [-0.25, -0.2) is 9.37 Å². The first-order valence-corrected chi connectivity index (χ1v) is 8.57. The van der Waals surface area contributed by atoms with Gasteiger partial charge in [0, 0.05) is 31.1 Å². The second-order valence-corrected chi connectivity index (χ2v) is 5.74. The molecule has 6 nitrogen and oxygen atoms in total. The molecule has 28 heavy (non-hydrogen) atoms. The maximum Gasteiger partial charge on any atom is 0.257 e. The van der Waals surface area contributed by atoms with Crippen LogP contribution in [0.15, 0.2) is 66.9 Å². The molecule has 0 spiro atoms. The van der Waals surface area contributed by atoms with E-state index in [2.05, 4.69) is 10.3 Å². The zero-order valence-electron chi connectivity index (χ0n) is 15.2. The minimum absolute atomic E-state index is 0.0964. The molecule has 0 bridgehead atoms. The molecule has 0 aliphatic heterocycles. The number of anilines is 1. The van der Waals surface area contributed by atoms with Crippen LogP contribution >= 0.6 is 0 Å². The van der Waals surface area contributed by atoms with Crippen LogP contribution < -0.4 is 14.8 Å². The van der Waals surface area contributed by atoms with Gasteiger partial charge in [-0.15, -0.1) is 0 Å². The van der Waals surface area contributed by atoms with E-state index in [-0.39, 0.29) is 12.4 Å². The highest BCUT2D eigenvalue weighted by Crippen LogP contribution is 2.22. The van der Waals surface area contributed by atoms with Crippen LogP contribution in [0.1, 0.15) is 10.4 Å². The van der Waals surface area contributed by atoms with Crippen LogP contribution in [0.2, 0.25) is 0 Å². The van der Waals surface area contributed by atoms with Crippen molar-refractivity contribution in [1.29, 1.82) is 0 Å². The summed E-state index contributed by atoms with van der Waals surface area (Å²) in [5.74, 6) is 0.130. The number of nitrogens with zero attached hydrogens (tertiary/aromatic N) is 1. The molecule has 7 heteroatoms. The van der Waals surface area contributed by atoms with Crippen molar-refractivity contribution in [2.45, 2.75) is 0 Å². The number of carbonyl (C=O) groups excluding carboxylic acids is 1. The molecule has 144 valence electrons. The van der Waals surface area contributed by atoms with Crippen molar-refractivity contribution in [1.82, 2.24) is 4.98 Å². The Hall–Kier alpha value is -3.45. The normalized spacial score (nSPS) is 10.4. The number of hydrogen-bond acceptors (Lipinski definition) is 5. The lowest BCUT2D eigenvalue weighted by molar-refractivity contribution is 0.102. The highest BCUT2D eigenvalue weighted by molar-refractivity contribution is 6.04. The van der Waals surface area contributed by atoms with Gasteiger partial charge in [0.05, 0.1) is 12.2 Å². The van der Waals surface area contributed by atoms with Crippen LogP contribution in [-0.2, 0) is 4.74 Å². The van der Waals surface area contributed by atoms with E-state index in [9.17, 15) is 9.18 Å². The molecule has 0 aliphatic carbocycles. The lowest BCUT2D eigenvalue weighted by Crippen LogP contribution is -2.12. The van der Waals surface area contributed by atoms with Gasteiger partial charge in [-0.3, -0.25) is 4.79 Å². The summed E-state index contributed by atoms with van der Waals surface area (Å²) >= 11 is 0. The average Bonchev–Trinajstić information content (AvgIpc) is 2.71. The summed E-state index contributed by atoms with van der Waals surface area (Å²) < 4.78 is 29.7. The first-order chi connectivity index (χ1) is 13.7. The molecule has 1 aromatic heterocycles. The Balaban J connectivity index is 1.60. The van der Waals surface area contributed by atoms with Crippen LogP contribution in [0.25, 0.3) is 0 Å². The minimum atomic E-state index is -0.571. The largest absolute Gasteiger partial charge is 0.488 e. The van der Waals surface area contributed by atoms with Crippen molar-refractivity contribution in [3.8, 4) is 17.4 Å². The van der Waals surface area contributed by atoms with Crippen LogP contribution in [0.4, 0.5) is 10.1 Å². The standard InChI is InChI=1S/C21H19FN2O4/c1-26-11-12-27-19-9-8-16(13-18(19)22)24-21(25)15-7-10-20(23-14-15)28-17-5-3-2-4-6-17/h2-10,13-14H,11-12H2,1H3,(H,24,25). The van der Waals surface area contributed by atoms with E-state index in [1.165, 1.54) is 25.4 Å². The number of ether oxygens (including phenoxy) is 3. The topological polar surface area (TPSA) is 69.7 Å². The third-order valence-electron chi connectivity index (χ3n) is 3.70. The first kappa shape index (κ1) is 19.3. The first-order valence-electron chi connectivity index (χ1n) is 8.57. The smallest absolute Gasteiger partial charge is 0.257 e. The molecule has 0 atom stereocenters. The predicted octanol–water partition coefficient (Wildman–Crippen LogP) is 4.29.